The van der Waals surface area contributed by atoms with Gasteiger partial charge in [0.2, 0.25) is 5.88 Å². The van der Waals surface area contributed by atoms with Crippen molar-refractivity contribution in [2.24, 2.45) is 0 Å². The highest BCUT2D eigenvalue weighted by molar-refractivity contribution is 5.92. The second-order valence-corrected chi connectivity index (χ2v) is 3.74. The Morgan fingerprint density at radius 3 is 2.70 bits per heavy atom. The molecule has 0 aliphatic carbocycles. The lowest BCUT2D eigenvalue weighted by Gasteiger charge is -2.11. The van der Waals surface area contributed by atoms with E-state index in [0.717, 1.165) is 0 Å². The number of aromatic nitrogens is 1. The van der Waals surface area contributed by atoms with Gasteiger partial charge in [-0.25, -0.2) is 9.78 Å². The van der Waals surface area contributed by atoms with Gasteiger partial charge in [-0.05, 0) is 18.2 Å². The highest BCUT2D eigenvalue weighted by Crippen LogP contribution is 2.34. The van der Waals surface area contributed by atoms with Gasteiger partial charge in [0.1, 0.15) is 11.6 Å². The van der Waals surface area contributed by atoms with E-state index < -0.39 is 5.97 Å². The monoisotopic (exact) mass is 270 g/mol. The predicted octanol–water partition coefficient (Wildman–Crippen LogP) is 2.45. The number of methoxy groups -OCH3 is 1. The number of rotatable bonds is 4. The average molecular weight is 270 g/mol. The quantitative estimate of drug-likeness (QED) is 0.917. The molecule has 0 atom stereocenters. The van der Waals surface area contributed by atoms with Gasteiger partial charge in [-0.2, -0.15) is 5.26 Å². The molecule has 2 aromatic rings. The van der Waals surface area contributed by atoms with Crippen molar-refractivity contribution in [3.05, 3.63) is 47.7 Å². The zero-order valence-electron chi connectivity index (χ0n) is 10.5. The lowest BCUT2D eigenvalue weighted by molar-refractivity contribution is 0.0693. The summed E-state index contributed by atoms with van der Waals surface area (Å²) in [6.45, 7) is 0. The van der Waals surface area contributed by atoms with Crippen LogP contribution < -0.4 is 9.47 Å². The van der Waals surface area contributed by atoms with Gasteiger partial charge in [-0.3, -0.25) is 0 Å². The summed E-state index contributed by atoms with van der Waals surface area (Å²) in [5, 5.41) is 17.8. The Kier molecular flexibility index (Phi) is 3.82. The molecule has 1 heterocycles. The fourth-order valence-electron chi connectivity index (χ4n) is 1.56. The second-order valence-electron chi connectivity index (χ2n) is 3.74. The zero-order chi connectivity index (χ0) is 14.5. The number of carboxylic acids is 1. The van der Waals surface area contributed by atoms with Crippen molar-refractivity contribution in [3.8, 4) is 23.4 Å². The van der Waals surface area contributed by atoms with Crippen LogP contribution in [0.3, 0.4) is 0 Å². The van der Waals surface area contributed by atoms with E-state index in [1.54, 1.807) is 12.1 Å². The van der Waals surface area contributed by atoms with Gasteiger partial charge in [0.15, 0.2) is 11.5 Å². The molecule has 100 valence electrons. The first-order valence-corrected chi connectivity index (χ1v) is 5.60. The molecule has 0 spiro atoms. The molecule has 0 unspecified atom stereocenters. The summed E-state index contributed by atoms with van der Waals surface area (Å²) in [6.07, 6.45) is 1.34. The van der Waals surface area contributed by atoms with E-state index >= 15 is 0 Å². The molecule has 0 amide bonds. The first-order chi connectivity index (χ1) is 9.65. The molecule has 0 saturated heterocycles. The van der Waals surface area contributed by atoms with Crippen molar-refractivity contribution in [3.63, 3.8) is 0 Å². The number of carboxylic acid groups (broad SMARTS) is 1. The smallest absolute Gasteiger partial charge is 0.339 e. The molecular formula is C14H10N2O4. The summed E-state index contributed by atoms with van der Waals surface area (Å²) in [4.78, 5) is 15.1. The summed E-state index contributed by atoms with van der Waals surface area (Å²) >= 11 is 0. The van der Waals surface area contributed by atoms with Gasteiger partial charge in [-0.15, -0.1) is 0 Å². The van der Waals surface area contributed by atoms with Crippen LogP contribution in [0.1, 0.15) is 15.9 Å². The molecule has 6 nitrogen and oxygen atoms in total. The maximum atomic E-state index is 11.2. The Morgan fingerprint density at radius 2 is 2.15 bits per heavy atom. The minimum absolute atomic E-state index is 0.0319. The van der Waals surface area contributed by atoms with Crippen LogP contribution in [0.2, 0.25) is 0 Å². The van der Waals surface area contributed by atoms with E-state index in [9.17, 15) is 4.79 Å². The lowest BCUT2D eigenvalue weighted by Crippen LogP contribution is -2.02. The fraction of sp³-hybridized carbons (Fsp3) is 0.0714. The Labute approximate surface area is 114 Å². The molecule has 0 bridgehead atoms. The minimum atomic E-state index is -1.13. The van der Waals surface area contributed by atoms with E-state index in [0.29, 0.717) is 5.56 Å². The molecule has 0 radical (unpaired) electrons. The average Bonchev–Trinajstić information content (AvgIpc) is 2.48. The fourth-order valence-corrected chi connectivity index (χ4v) is 1.56. The second kappa shape index (κ2) is 5.71. The largest absolute Gasteiger partial charge is 0.493 e. The molecule has 1 aromatic carbocycles. The van der Waals surface area contributed by atoms with Crippen LogP contribution >= 0.6 is 0 Å². The van der Waals surface area contributed by atoms with Crippen molar-refractivity contribution in [2.75, 3.05) is 7.11 Å². The van der Waals surface area contributed by atoms with E-state index in [4.69, 9.17) is 19.8 Å². The minimum Gasteiger partial charge on any atom is -0.493 e. The van der Waals surface area contributed by atoms with Gasteiger partial charge >= 0.3 is 5.97 Å². The number of pyridine rings is 1. The molecule has 1 N–H and O–H groups in total. The van der Waals surface area contributed by atoms with Crippen LogP contribution in [-0.4, -0.2) is 23.2 Å². The molecule has 6 heteroatoms. The number of para-hydroxylation sites is 1. The molecule has 0 aliphatic rings. The van der Waals surface area contributed by atoms with Crippen molar-refractivity contribution >= 4 is 5.97 Å². The Balaban J connectivity index is 2.41. The first-order valence-electron chi connectivity index (χ1n) is 5.60. The van der Waals surface area contributed by atoms with Crippen LogP contribution in [0.15, 0.2) is 36.5 Å². The number of ether oxygens (including phenoxy) is 2. The summed E-state index contributed by atoms with van der Waals surface area (Å²) in [6, 6.07) is 9.49. The molecule has 0 aliphatic heterocycles. The third kappa shape index (κ3) is 2.67. The van der Waals surface area contributed by atoms with Crippen molar-refractivity contribution < 1.29 is 19.4 Å². The van der Waals surface area contributed by atoms with E-state index in [2.05, 4.69) is 4.98 Å². The number of hydrogen-bond donors (Lipinski definition) is 1. The highest BCUT2D eigenvalue weighted by atomic mass is 16.5. The number of nitriles is 1. The number of aromatic carboxylic acids is 1. The molecule has 20 heavy (non-hydrogen) atoms. The SMILES string of the molecule is COc1cccc(C(=O)O)c1Oc1ccc(C#N)cn1. The third-order valence-corrected chi connectivity index (χ3v) is 2.50. The van der Waals surface area contributed by atoms with Gasteiger partial charge in [0, 0.05) is 12.3 Å². The normalized spacial score (nSPS) is 9.60. The summed E-state index contributed by atoms with van der Waals surface area (Å²) < 4.78 is 10.6. The van der Waals surface area contributed by atoms with Crippen LogP contribution in [0.5, 0.6) is 17.4 Å². The van der Waals surface area contributed by atoms with Crippen LogP contribution in [-0.2, 0) is 0 Å². The highest BCUT2D eigenvalue weighted by Gasteiger charge is 2.17. The summed E-state index contributed by atoms with van der Waals surface area (Å²) in [5.74, 6) is -0.598. The van der Waals surface area contributed by atoms with Gasteiger partial charge in [0.05, 0.1) is 12.7 Å². The molecule has 1 aromatic heterocycles. The van der Waals surface area contributed by atoms with Gasteiger partial charge < -0.3 is 14.6 Å². The van der Waals surface area contributed by atoms with Gasteiger partial charge in [-0.1, -0.05) is 6.07 Å². The van der Waals surface area contributed by atoms with Crippen LogP contribution in [0.25, 0.3) is 0 Å². The van der Waals surface area contributed by atoms with Crippen LogP contribution in [0, 0.1) is 11.3 Å². The van der Waals surface area contributed by atoms with Crippen LogP contribution in [0.4, 0.5) is 0 Å². The first kappa shape index (κ1) is 13.4. The number of benzene rings is 1. The topological polar surface area (TPSA) is 92.4 Å². The summed E-state index contributed by atoms with van der Waals surface area (Å²) in [7, 11) is 1.42. The van der Waals surface area contributed by atoms with E-state index in [1.165, 1.54) is 31.5 Å². The van der Waals surface area contributed by atoms with E-state index in [-0.39, 0.29) is 22.9 Å². The van der Waals surface area contributed by atoms with Crippen molar-refractivity contribution in [1.82, 2.24) is 4.98 Å². The van der Waals surface area contributed by atoms with Crippen molar-refractivity contribution in [1.29, 1.82) is 5.26 Å². The molecule has 2 rings (SSSR count). The lowest BCUT2D eigenvalue weighted by atomic mass is 10.2. The Morgan fingerprint density at radius 1 is 1.35 bits per heavy atom. The number of carbonyl (C=O) groups is 1. The van der Waals surface area contributed by atoms with Gasteiger partial charge in [0.25, 0.3) is 0 Å². The Hall–Kier alpha value is -3.07. The number of nitrogens with zero attached hydrogens (tertiary/aromatic N) is 2. The van der Waals surface area contributed by atoms with E-state index in [1.807, 2.05) is 6.07 Å². The maximum absolute atomic E-state index is 11.2. The maximum Gasteiger partial charge on any atom is 0.339 e. The number of hydrogen-bond acceptors (Lipinski definition) is 5. The van der Waals surface area contributed by atoms with Crippen molar-refractivity contribution in [2.45, 2.75) is 0 Å². The summed E-state index contributed by atoms with van der Waals surface area (Å²) in [5.41, 5.74) is 0.353. The zero-order valence-corrected chi connectivity index (χ0v) is 10.5. The Bertz CT molecular complexity index is 675. The predicted molar refractivity (Wildman–Crippen MR) is 69.0 cm³/mol. The molecule has 0 saturated carbocycles. The standard InChI is InChI=1S/C14H10N2O4/c1-19-11-4-2-3-10(14(17)18)13(11)20-12-6-5-9(7-15)8-16-12/h2-6,8H,1H3,(H,17,18). The molecular weight excluding hydrogens is 260 g/mol. The third-order valence-electron chi connectivity index (χ3n) is 2.50. The molecule has 0 fully saturated rings.